The molecule has 0 bridgehead atoms. The van der Waals surface area contributed by atoms with E-state index in [4.69, 9.17) is 9.47 Å². The van der Waals surface area contributed by atoms with Crippen molar-refractivity contribution in [2.45, 2.75) is 51.6 Å². The van der Waals surface area contributed by atoms with Crippen molar-refractivity contribution in [3.63, 3.8) is 0 Å². The molecule has 0 radical (unpaired) electrons. The maximum atomic E-state index is 11.4. The summed E-state index contributed by atoms with van der Waals surface area (Å²) < 4.78 is 10.8. The SMILES string of the molecule is CCOC1=CC(=O)OC(C2CCCCC2)C1. The molecule has 0 amide bonds. The minimum absolute atomic E-state index is 0.0550. The van der Waals surface area contributed by atoms with E-state index in [0.717, 1.165) is 12.2 Å². The highest BCUT2D eigenvalue weighted by atomic mass is 16.6. The van der Waals surface area contributed by atoms with E-state index in [2.05, 4.69) is 0 Å². The van der Waals surface area contributed by atoms with Gasteiger partial charge in [0.15, 0.2) is 0 Å². The number of cyclic esters (lactones) is 1. The third kappa shape index (κ3) is 2.77. The maximum Gasteiger partial charge on any atom is 0.334 e. The molecular formula is C13H20O3. The second-order valence-electron chi connectivity index (χ2n) is 4.62. The van der Waals surface area contributed by atoms with Gasteiger partial charge in [0.1, 0.15) is 11.9 Å². The molecule has 0 saturated heterocycles. The van der Waals surface area contributed by atoms with Crippen LogP contribution >= 0.6 is 0 Å². The lowest BCUT2D eigenvalue weighted by atomic mass is 9.83. The Hall–Kier alpha value is -0.990. The van der Waals surface area contributed by atoms with Crippen LogP contribution in [0.15, 0.2) is 11.8 Å². The summed E-state index contributed by atoms with van der Waals surface area (Å²) in [5, 5.41) is 0. The Balaban J connectivity index is 1.96. The molecule has 1 saturated carbocycles. The predicted octanol–water partition coefficient (Wildman–Crippen LogP) is 2.80. The van der Waals surface area contributed by atoms with Gasteiger partial charge in [0, 0.05) is 6.42 Å². The molecule has 2 rings (SSSR count). The first kappa shape index (κ1) is 11.5. The first-order valence-corrected chi connectivity index (χ1v) is 6.33. The van der Waals surface area contributed by atoms with Gasteiger partial charge in [-0.05, 0) is 25.7 Å². The molecule has 1 aliphatic carbocycles. The summed E-state index contributed by atoms with van der Waals surface area (Å²) in [4.78, 5) is 11.4. The van der Waals surface area contributed by atoms with Crippen molar-refractivity contribution in [2.24, 2.45) is 5.92 Å². The van der Waals surface area contributed by atoms with Crippen molar-refractivity contribution in [1.29, 1.82) is 0 Å². The number of esters is 1. The number of carbonyl (C=O) groups is 1. The maximum absolute atomic E-state index is 11.4. The molecule has 3 heteroatoms. The Kier molecular flexibility index (Phi) is 3.86. The highest BCUT2D eigenvalue weighted by Gasteiger charge is 2.30. The van der Waals surface area contributed by atoms with Crippen LogP contribution in [0.25, 0.3) is 0 Å². The Labute approximate surface area is 96.8 Å². The van der Waals surface area contributed by atoms with Crippen molar-refractivity contribution in [1.82, 2.24) is 0 Å². The topological polar surface area (TPSA) is 35.5 Å². The number of carbonyl (C=O) groups excluding carboxylic acids is 1. The van der Waals surface area contributed by atoms with Crippen LogP contribution in [0, 0.1) is 5.92 Å². The summed E-state index contributed by atoms with van der Waals surface area (Å²) in [6, 6.07) is 0. The third-order valence-electron chi connectivity index (χ3n) is 3.45. The van der Waals surface area contributed by atoms with E-state index in [1.54, 1.807) is 0 Å². The number of rotatable bonds is 3. The fourth-order valence-corrected chi connectivity index (χ4v) is 2.67. The number of hydrogen-bond donors (Lipinski definition) is 0. The predicted molar refractivity (Wildman–Crippen MR) is 60.8 cm³/mol. The van der Waals surface area contributed by atoms with Crippen molar-refractivity contribution < 1.29 is 14.3 Å². The Morgan fingerprint density at radius 2 is 2.12 bits per heavy atom. The van der Waals surface area contributed by atoms with Gasteiger partial charge in [0.25, 0.3) is 0 Å². The molecule has 1 unspecified atom stereocenters. The van der Waals surface area contributed by atoms with Gasteiger partial charge in [-0.3, -0.25) is 0 Å². The molecule has 3 nitrogen and oxygen atoms in total. The van der Waals surface area contributed by atoms with Gasteiger partial charge >= 0.3 is 5.97 Å². The van der Waals surface area contributed by atoms with Crippen molar-refractivity contribution in [2.75, 3.05) is 6.61 Å². The van der Waals surface area contributed by atoms with E-state index in [9.17, 15) is 4.79 Å². The summed E-state index contributed by atoms with van der Waals surface area (Å²) in [7, 11) is 0. The fraction of sp³-hybridized carbons (Fsp3) is 0.769. The van der Waals surface area contributed by atoms with Crippen molar-refractivity contribution in [3.05, 3.63) is 11.8 Å². The highest BCUT2D eigenvalue weighted by molar-refractivity contribution is 5.83. The van der Waals surface area contributed by atoms with Crippen molar-refractivity contribution in [3.8, 4) is 0 Å². The standard InChI is InChI=1S/C13H20O3/c1-2-15-11-8-12(16-13(14)9-11)10-6-4-3-5-7-10/h9-10,12H,2-8H2,1H3. The first-order valence-electron chi connectivity index (χ1n) is 6.33. The smallest absolute Gasteiger partial charge is 0.334 e. The minimum Gasteiger partial charge on any atom is -0.498 e. The zero-order chi connectivity index (χ0) is 11.4. The lowest BCUT2D eigenvalue weighted by Gasteiger charge is -2.32. The van der Waals surface area contributed by atoms with Crippen LogP contribution in [-0.4, -0.2) is 18.7 Å². The van der Waals surface area contributed by atoms with E-state index < -0.39 is 0 Å². The van der Waals surface area contributed by atoms with Gasteiger partial charge in [-0.2, -0.15) is 0 Å². The molecule has 0 aromatic heterocycles. The highest BCUT2D eigenvalue weighted by Crippen LogP contribution is 2.32. The number of ether oxygens (including phenoxy) is 2. The number of hydrogen-bond acceptors (Lipinski definition) is 3. The summed E-state index contributed by atoms with van der Waals surface area (Å²) in [6.07, 6.45) is 8.56. The normalized spacial score (nSPS) is 27.2. The van der Waals surface area contributed by atoms with E-state index in [0.29, 0.717) is 12.5 Å². The van der Waals surface area contributed by atoms with E-state index in [-0.39, 0.29) is 12.1 Å². The molecule has 0 N–H and O–H groups in total. The summed E-state index contributed by atoms with van der Waals surface area (Å²) in [6.45, 7) is 2.56. The molecular weight excluding hydrogens is 204 g/mol. The van der Waals surface area contributed by atoms with Gasteiger partial charge in [-0.25, -0.2) is 4.79 Å². The van der Waals surface area contributed by atoms with E-state index >= 15 is 0 Å². The minimum atomic E-state index is -0.231. The molecule has 90 valence electrons. The van der Waals surface area contributed by atoms with Crippen LogP contribution in [0.1, 0.15) is 45.4 Å². The Morgan fingerprint density at radius 1 is 1.38 bits per heavy atom. The molecule has 0 aromatic carbocycles. The van der Waals surface area contributed by atoms with Crippen LogP contribution < -0.4 is 0 Å². The van der Waals surface area contributed by atoms with Crippen LogP contribution in [0.3, 0.4) is 0 Å². The first-order chi connectivity index (χ1) is 7.79. The largest absolute Gasteiger partial charge is 0.498 e. The van der Waals surface area contributed by atoms with Crippen LogP contribution in [0.4, 0.5) is 0 Å². The second-order valence-corrected chi connectivity index (χ2v) is 4.62. The fourth-order valence-electron chi connectivity index (χ4n) is 2.67. The van der Waals surface area contributed by atoms with Gasteiger partial charge in [0.2, 0.25) is 0 Å². The van der Waals surface area contributed by atoms with Gasteiger partial charge in [0.05, 0.1) is 12.7 Å². The molecule has 16 heavy (non-hydrogen) atoms. The lowest BCUT2D eigenvalue weighted by molar-refractivity contribution is -0.149. The Bertz CT molecular complexity index is 277. The average molecular weight is 224 g/mol. The van der Waals surface area contributed by atoms with Crippen molar-refractivity contribution >= 4 is 5.97 Å². The monoisotopic (exact) mass is 224 g/mol. The van der Waals surface area contributed by atoms with Crippen LogP contribution in [-0.2, 0) is 14.3 Å². The molecule has 0 spiro atoms. The molecule has 1 fully saturated rings. The molecule has 0 aromatic rings. The lowest BCUT2D eigenvalue weighted by Crippen LogP contribution is -2.32. The van der Waals surface area contributed by atoms with Gasteiger partial charge in [-0.15, -0.1) is 0 Å². The molecule has 1 aliphatic heterocycles. The second kappa shape index (κ2) is 5.37. The van der Waals surface area contributed by atoms with E-state index in [1.807, 2.05) is 6.92 Å². The Morgan fingerprint density at radius 3 is 2.81 bits per heavy atom. The zero-order valence-corrected chi connectivity index (χ0v) is 9.91. The molecule has 1 heterocycles. The summed E-state index contributed by atoms with van der Waals surface area (Å²) in [5.41, 5.74) is 0. The average Bonchev–Trinajstić information content (AvgIpc) is 2.30. The summed E-state index contributed by atoms with van der Waals surface area (Å²) >= 11 is 0. The van der Waals surface area contributed by atoms with Gasteiger partial charge < -0.3 is 9.47 Å². The molecule has 2 aliphatic rings. The van der Waals surface area contributed by atoms with Crippen LogP contribution in [0.5, 0.6) is 0 Å². The zero-order valence-electron chi connectivity index (χ0n) is 9.91. The summed E-state index contributed by atoms with van der Waals surface area (Å²) in [5.74, 6) is 1.11. The quantitative estimate of drug-likeness (QED) is 0.691. The third-order valence-corrected chi connectivity index (χ3v) is 3.45. The van der Waals surface area contributed by atoms with Gasteiger partial charge in [-0.1, -0.05) is 19.3 Å². The molecule has 1 atom stereocenters. The van der Waals surface area contributed by atoms with Crippen LogP contribution in [0.2, 0.25) is 0 Å². The van der Waals surface area contributed by atoms with E-state index in [1.165, 1.54) is 38.2 Å².